The molecule has 0 saturated heterocycles. The Hall–Kier alpha value is -3.14. The lowest BCUT2D eigenvalue weighted by atomic mass is 10.1. The second kappa shape index (κ2) is 8.26. The van der Waals surface area contributed by atoms with Gasteiger partial charge in [0, 0.05) is 5.69 Å². The summed E-state index contributed by atoms with van der Waals surface area (Å²) in [4.78, 5) is 47.6. The number of fused-ring (bicyclic) bond motifs is 1. The van der Waals surface area contributed by atoms with E-state index in [1.807, 2.05) is 0 Å². The maximum Gasteiger partial charge on any atom is 0.338 e. The average molecular weight is 402 g/mol. The molecule has 3 aromatic heterocycles. The van der Waals surface area contributed by atoms with Crippen LogP contribution >= 0.6 is 11.8 Å². The summed E-state index contributed by atoms with van der Waals surface area (Å²) in [5, 5.41) is 3.08. The SMILES string of the molecule is COC(=O)c1cc(C)nc2nc(SCC(=O)NC(C)c3ccco3)[nH]c(=O)c12. The van der Waals surface area contributed by atoms with E-state index in [2.05, 4.69) is 20.3 Å². The molecule has 2 N–H and O–H groups in total. The highest BCUT2D eigenvalue weighted by Crippen LogP contribution is 2.18. The number of amides is 1. The highest BCUT2D eigenvalue weighted by molar-refractivity contribution is 7.99. The molecule has 10 heteroatoms. The fourth-order valence-electron chi connectivity index (χ4n) is 2.61. The van der Waals surface area contributed by atoms with Gasteiger partial charge in [-0.25, -0.2) is 14.8 Å². The minimum absolute atomic E-state index is 0.0369. The van der Waals surface area contributed by atoms with E-state index in [1.54, 1.807) is 26.0 Å². The Bertz CT molecular complexity index is 1080. The molecule has 0 saturated carbocycles. The zero-order valence-electron chi connectivity index (χ0n) is 15.4. The van der Waals surface area contributed by atoms with Crippen LogP contribution in [0.3, 0.4) is 0 Å². The third-order valence-corrected chi connectivity index (χ3v) is 4.75. The number of aromatic nitrogens is 3. The normalized spacial score (nSPS) is 12.0. The predicted octanol–water partition coefficient (Wildman–Crippen LogP) is 1.98. The molecule has 3 aromatic rings. The Balaban J connectivity index is 1.78. The molecule has 1 atom stereocenters. The summed E-state index contributed by atoms with van der Waals surface area (Å²) in [5.74, 6) is -0.209. The van der Waals surface area contributed by atoms with Crippen LogP contribution in [0.5, 0.6) is 0 Å². The molecule has 0 fully saturated rings. The first kappa shape index (κ1) is 19.6. The van der Waals surface area contributed by atoms with Gasteiger partial charge in [-0.3, -0.25) is 9.59 Å². The Morgan fingerprint density at radius 1 is 1.39 bits per heavy atom. The molecule has 0 aliphatic carbocycles. The summed E-state index contributed by atoms with van der Waals surface area (Å²) < 4.78 is 9.96. The maximum absolute atomic E-state index is 12.5. The Morgan fingerprint density at radius 2 is 2.18 bits per heavy atom. The number of nitrogens with zero attached hydrogens (tertiary/aromatic N) is 2. The van der Waals surface area contributed by atoms with Gasteiger partial charge in [0.25, 0.3) is 5.56 Å². The van der Waals surface area contributed by atoms with Crippen LogP contribution in [-0.2, 0) is 9.53 Å². The van der Waals surface area contributed by atoms with Gasteiger partial charge in [-0.2, -0.15) is 0 Å². The fourth-order valence-corrected chi connectivity index (χ4v) is 3.28. The quantitative estimate of drug-likeness (QED) is 0.364. The minimum atomic E-state index is -0.644. The third-order valence-electron chi connectivity index (χ3n) is 3.88. The number of methoxy groups -OCH3 is 1. The minimum Gasteiger partial charge on any atom is -0.467 e. The molecule has 9 nitrogen and oxygen atoms in total. The molecule has 0 bridgehead atoms. The largest absolute Gasteiger partial charge is 0.467 e. The van der Waals surface area contributed by atoms with Crippen LogP contribution < -0.4 is 10.9 Å². The van der Waals surface area contributed by atoms with Crippen molar-refractivity contribution in [1.82, 2.24) is 20.3 Å². The van der Waals surface area contributed by atoms with Crippen molar-refractivity contribution in [1.29, 1.82) is 0 Å². The average Bonchev–Trinajstić information content (AvgIpc) is 3.19. The monoisotopic (exact) mass is 402 g/mol. The number of carbonyl (C=O) groups is 2. The van der Waals surface area contributed by atoms with Crippen molar-refractivity contribution in [2.45, 2.75) is 25.0 Å². The standard InChI is InChI=1S/C18H18N4O5S/c1-9-7-11(17(25)26-3)14-15(19-9)21-18(22-16(14)24)28-8-13(23)20-10(2)12-5-4-6-27-12/h4-7,10H,8H2,1-3H3,(H,20,23)(H,19,21,22,24). The third kappa shape index (κ3) is 4.22. The fraction of sp³-hybridized carbons (Fsp3) is 0.278. The first-order chi connectivity index (χ1) is 13.4. The number of thioether (sulfide) groups is 1. The number of esters is 1. The van der Waals surface area contributed by atoms with Crippen molar-refractivity contribution in [2.24, 2.45) is 0 Å². The van der Waals surface area contributed by atoms with Crippen LogP contribution in [0, 0.1) is 6.92 Å². The number of hydrogen-bond acceptors (Lipinski definition) is 8. The number of pyridine rings is 1. The zero-order chi connectivity index (χ0) is 20.3. The second-order valence-electron chi connectivity index (χ2n) is 5.97. The number of hydrogen-bond donors (Lipinski definition) is 2. The number of H-pyrrole nitrogens is 1. The molecule has 3 rings (SSSR count). The molecule has 0 aliphatic heterocycles. The van der Waals surface area contributed by atoms with Crippen molar-refractivity contribution in [2.75, 3.05) is 12.9 Å². The zero-order valence-corrected chi connectivity index (χ0v) is 16.3. The summed E-state index contributed by atoms with van der Waals surface area (Å²) in [6.45, 7) is 3.49. The van der Waals surface area contributed by atoms with Gasteiger partial charge in [0.1, 0.15) is 5.76 Å². The molecule has 0 aromatic carbocycles. The number of furan rings is 1. The molecule has 0 spiro atoms. The van der Waals surface area contributed by atoms with Crippen LogP contribution in [0.2, 0.25) is 0 Å². The second-order valence-corrected chi connectivity index (χ2v) is 6.93. The van der Waals surface area contributed by atoms with Crippen LogP contribution in [0.15, 0.2) is 38.8 Å². The van der Waals surface area contributed by atoms with Gasteiger partial charge in [0.2, 0.25) is 5.91 Å². The molecule has 28 heavy (non-hydrogen) atoms. The highest BCUT2D eigenvalue weighted by Gasteiger charge is 2.18. The van der Waals surface area contributed by atoms with E-state index in [-0.39, 0.29) is 39.5 Å². The van der Waals surface area contributed by atoms with Crippen molar-refractivity contribution in [3.8, 4) is 0 Å². The van der Waals surface area contributed by atoms with Crippen molar-refractivity contribution in [3.05, 3.63) is 51.8 Å². The van der Waals surface area contributed by atoms with E-state index in [4.69, 9.17) is 9.15 Å². The van der Waals surface area contributed by atoms with E-state index in [0.29, 0.717) is 11.5 Å². The first-order valence-electron chi connectivity index (χ1n) is 8.34. The van der Waals surface area contributed by atoms with E-state index in [1.165, 1.54) is 19.4 Å². The molecule has 0 aliphatic rings. The smallest absolute Gasteiger partial charge is 0.338 e. The number of ether oxygens (including phenoxy) is 1. The first-order valence-corrected chi connectivity index (χ1v) is 9.33. The van der Waals surface area contributed by atoms with E-state index >= 15 is 0 Å². The Labute approximate surface area is 163 Å². The molecular weight excluding hydrogens is 384 g/mol. The van der Waals surface area contributed by atoms with Gasteiger partial charge in [0.05, 0.1) is 36.1 Å². The van der Waals surface area contributed by atoms with E-state index in [0.717, 1.165) is 11.8 Å². The molecule has 1 unspecified atom stereocenters. The number of carbonyl (C=O) groups excluding carboxylic acids is 2. The van der Waals surface area contributed by atoms with Gasteiger partial charge in [-0.05, 0) is 32.0 Å². The predicted molar refractivity (Wildman–Crippen MR) is 102 cm³/mol. The van der Waals surface area contributed by atoms with Crippen LogP contribution in [0.4, 0.5) is 0 Å². The number of rotatable bonds is 6. The van der Waals surface area contributed by atoms with Gasteiger partial charge < -0.3 is 19.5 Å². The molecule has 3 heterocycles. The Morgan fingerprint density at radius 3 is 2.86 bits per heavy atom. The van der Waals surface area contributed by atoms with Crippen molar-refractivity contribution >= 4 is 34.7 Å². The molecule has 0 radical (unpaired) electrons. The summed E-state index contributed by atoms with van der Waals surface area (Å²) in [6.07, 6.45) is 1.54. The van der Waals surface area contributed by atoms with Gasteiger partial charge in [-0.1, -0.05) is 11.8 Å². The highest BCUT2D eigenvalue weighted by atomic mass is 32.2. The number of aryl methyl sites for hydroxylation is 1. The van der Waals surface area contributed by atoms with Gasteiger partial charge in [-0.15, -0.1) is 0 Å². The van der Waals surface area contributed by atoms with E-state index < -0.39 is 11.5 Å². The van der Waals surface area contributed by atoms with Crippen LogP contribution in [-0.4, -0.2) is 39.7 Å². The van der Waals surface area contributed by atoms with Crippen LogP contribution in [0.25, 0.3) is 11.0 Å². The summed E-state index contributed by atoms with van der Waals surface area (Å²) >= 11 is 1.06. The lowest BCUT2D eigenvalue weighted by Gasteiger charge is -2.11. The molecule has 1 amide bonds. The van der Waals surface area contributed by atoms with E-state index in [9.17, 15) is 14.4 Å². The van der Waals surface area contributed by atoms with Crippen molar-refractivity contribution < 1.29 is 18.7 Å². The Kier molecular flexibility index (Phi) is 5.78. The summed E-state index contributed by atoms with van der Waals surface area (Å²) in [7, 11) is 1.23. The topological polar surface area (TPSA) is 127 Å². The molecular formula is C18H18N4O5S. The van der Waals surface area contributed by atoms with Crippen molar-refractivity contribution in [3.63, 3.8) is 0 Å². The molecule has 146 valence electrons. The van der Waals surface area contributed by atoms with Crippen LogP contribution in [0.1, 0.15) is 34.8 Å². The van der Waals surface area contributed by atoms with Gasteiger partial charge >= 0.3 is 5.97 Å². The summed E-state index contributed by atoms with van der Waals surface area (Å²) in [5.41, 5.74) is 0.216. The summed E-state index contributed by atoms with van der Waals surface area (Å²) in [6, 6.07) is 4.71. The maximum atomic E-state index is 12.5. The lowest BCUT2D eigenvalue weighted by molar-refractivity contribution is -0.119. The number of aromatic amines is 1. The lowest BCUT2D eigenvalue weighted by Crippen LogP contribution is -2.28. The number of nitrogens with one attached hydrogen (secondary N) is 2. The van der Waals surface area contributed by atoms with Gasteiger partial charge in [0.15, 0.2) is 10.8 Å².